The Balaban J connectivity index is 2.01. The van der Waals surface area contributed by atoms with Crippen molar-refractivity contribution in [2.24, 2.45) is 0 Å². The van der Waals surface area contributed by atoms with Gasteiger partial charge in [-0.15, -0.1) is 0 Å². The van der Waals surface area contributed by atoms with Gasteiger partial charge in [-0.1, -0.05) is 0 Å². The second kappa shape index (κ2) is 4.31. The summed E-state index contributed by atoms with van der Waals surface area (Å²) in [6.45, 7) is 0. The van der Waals surface area contributed by atoms with Crippen molar-refractivity contribution in [3.63, 3.8) is 0 Å². The van der Waals surface area contributed by atoms with Gasteiger partial charge in [0, 0.05) is 24.5 Å². The van der Waals surface area contributed by atoms with Crippen molar-refractivity contribution in [3.05, 3.63) is 24.3 Å². The summed E-state index contributed by atoms with van der Waals surface area (Å²) in [5, 5.41) is 2.97. The summed E-state index contributed by atoms with van der Waals surface area (Å²) in [6.07, 6.45) is 1.86. The molecule has 0 amide bonds. The number of hydrogen-bond acceptors (Lipinski definition) is 3. The van der Waals surface area contributed by atoms with Crippen LogP contribution in [0.15, 0.2) is 24.3 Å². The molecule has 0 saturated heterocycles. The standard InChI is InChI=1S/C10H15N3O2S/c1-11-8-2-4-9(5-3-8)12-16(14,15)13-10-6-7-10/h2-5,10-13H,6-7H2,1H3. The highest BCUT2D eigenvalue weighted by atomic mass is 32.2. The van der Waals surface area contributed by atoms with Gasteiger partial charge >= 0.3 is 0 Å². The molecule has 0 heterocycles. The molecule has 1 aromatic carbocycles. The van der Waals surface area contributed by atoms with Crippen molar-refractivity contribution < 1.29 is 8.42 Å². The molecular weight excluding hydrogens is 226 g/mol. The molecule has 5 nitrogen and oxygen atoms in total. The molecule has 0 radical (unpaired) electrons. The third-order valence-electron chi connectivity index (χ3n) is 2.32. The van der Waals surface area contributed by atoms with Crippen molar-refractivity contribution in [3.8, 4) is 0 Å². The molecule has 88 valence electrons. The van der Waals surface area contributed by atoms with Crippen LogP contribution < -0.4 is 14.8 Å². The normalized spacial score (nSPS) is 15.8. The zero-order chi connectivity index (χ0) is 11.6. The van der Waals surface area contributed by atoms with Gasteiger partial charge in [0.1, 0.15) is 0 Å². The third kappa shape index (κ3) is 3.11. The second-order valence-corrected chi connectivity index (χ2v) is 5.27. The Morgan fingerprint density at radius 2 is 1.69 bits per heavy atom. The lowest BCUT2D eigenvalue weighted by Gasteiger charge is -2.09. The smallest absolute Gasteiger partial charge is 0.299 e. The summed E-state index contributed by atoms with van der Waals surface area (Å²) in [6, 6.07) is 7.19. The molecule has 1 aromatic rings. The van der Waals surface area contributed by atoms with Crippen molar-refractivity contribution in [2.75, 3.05) is 17.1 Å². The largest absolute Gasteiger partial charge is 0.388 e. The molecule has 1 aliphatic carbocycles. The molecule has 1 aliphatic rings. The Labute approximate surface area is 95.4 Å². The van der Waals surface area contributed by atoms with E-state index in [9.17, 15) is 8.42 Å². The highest BCUT2D eigenvalue weighted by Gasteiger charge is 2.26. The minimum Gasteiger partial charge on any atom is -0.388 e. The molecule has 0 bridgehead atoms. The van der Waals surface area contributed by atoms with Crippen molar-refractivity contribution >= 4 is 21.6 Å². The van der Waals surface area contributed by atoms with E-state index in [1.165, 1.54) is 0 Å². The monoisotopic (exact) mass is 241 g/mol. The molecule has 1 fully saturated rings. The van der Waals surface area contributed by atoms with Gasteiger partial charge in [-0.25, -0.2) is 0 Å². The summed E-state index contributed by atoms with van der Waals surface area (Å²) in [5.41, 5.74) is 1.50. The Hall–Kier alpha value is -1.27. The van der Waals surface area contributed by atoms with E-state index in [0.717, 1.165) is 18.5 Å². The number of anilines is 2. The fourth-order valence-corrected chi connectivity index (χ4v) is 2.49. The minimum atomic E-state index is -3.41. The zero-order valence-corrected chi connectivity index (χ0v) is 9.84. The molecule has 2 rings (SSSR count). The maximum absolute atomic E-state index is 11.6. The number of rotatable bonds is 5. The molecule has 0 unspecified atom stereocenters. The van der Waals surface area contributed by atoms with Crippen molar-refractivity contribution in [1.29, 1.82) is 0 Å². The summed E-state index contributed by atoms with van der Waals surface area (Å²) in [5.74, 6) is 0. The first-order chi connectivity index (χ1) is 7.59. The maximum atomic E-state index is 11.6. The highest BCUT2D eigenvalue weighted by molar-refractivity contribution is 7.90. The van der Waals surface area contributed by atoms with Crippen LogP contribution >= 0.6 is 0 Å². The van der Waals surface area contributed by atoms with Gasteiger partial charge in [0.2, 0.25) is 0 Å². The van der Waals surface area contributed by atoms with Crippen LogP contribution in [0.1, 0.15) is 12.8 Å². The van der Waals surface area contributed by atoms with Crippen molar-refractivity contribution in [2.45, 2.75) is 18.9 Å². The minimum absolute atomic E-state index is 0.120. The van der Waals surface area contributed by atoms with E-state index in [-0.39, 0.29) is 6.04 Å². The molecule has 0 aliphatic heterocycles. The summed E-state index contributed by atoms with van der Waals surface area (Å²) >= 11 is 0. The molecule has 16 heavy (non-hydrogen) atoms. The fourth-order valence-electron chi connectivity index (χ4n) is 1.31. The van der Waals surface area contributed by atoms with Crippen LogP contribution in [-0.2, 0) is 10.2 Å². The van der Waals surface area contributed by atoms with E-state index in [4.69, 9.17) is 0 Å². The van der Waals surface area contributed by atoms with Crippen LogP contribution in [0.25, 0.3) is 0 Å². The van der Waals surface area contributed by atoms with Gasteiger partial charge < -0.3 is 5.32 Å². The second-order valence-electron chi connectivity index (χ2n) is 3.82. The molecule has 0 aromatic heterocycles. The highest BCUT2D eigenvalue weighted by Crippen LogP contribution is 2.20. The first-order valence-corrected chi connectivity index (χ1v) is 6.65. The third-order valence-corrected chi connectivity index (χ3v) is 3.47. The van der Waals surface area contributed by atoms with Crippen LogP contribution in [-0.4, -0.2) is 21.5 Å². The predicted octanol–water partition coefficient (Wildman–Crippen LogP) is 1.14. The van der Waals surface area contributed by atoms with Crippen LogP contribution in [0.4, 0.5) is 11.4 Å². The predicted molar refractivity (Wildman–Crippen MR) is 64.7 cm³/mol. The van der Waals surface area contributed by atoms with E-state index in [2.05, 4.69) is 14.8 Å². The molecule has 0 atom stereocenters. The van der Waals surface area contributed by atoms with Crippen molar-refractivity contribution in [1.82, 2.24) is 4.72 Å². The van der Waals surface area contributed by atoms with Crippen LogP contribution in [0.2, 0.25) is 0 Å². The zero-order valence-electron chi connectivity index (χ0n) is 9.03. The van der Waals surface area contributed by atoms with E-state index in [1.807, 2.05) is 19.2 Å². The van der Waals surface area contributed by atoms with Gasteiger partial charge in [-0.05, 0) is 37.1 Å². The van der Waals surface area contributed by atoms with E-state index in [0.29, 0.717) is 5.69 Å². The van der Waals surface area contributed by atoms with Gasteiger partial charge in [0.15, 0.2) is 0 Å². The summed E-state index contributed by atoms with van der Waals surface area (Å²) in [4.78, 5) is 0. The number of hydrogen-bond donors (Lipinski definition) is 3. The fraction of sp³-hybridized carbons (Fsp3) is 0.400. The van der Waals surface area contributed by atoms with Crippen LogP contribution in [0, 0.1) is 0 Å². The number of nitrogens with one attached hydrogen (secondary N) is 3. The molecule has 3 N–H and O–H groups in total. The number of benzene rings is 1. The van der Waals surface area contributed by atoms with Gasteiger partial charge in [-0.2, -0.15) is 13.1 Å². The average molecular weight is 241 g/mol. The first kappa shape index (κ1) is 11.2. The quantitative estimate of drug-likeness (QED) is 0.724. The molecular formula is C10H15N3O2S. The maximum Gasteiger partial charge on any atom is 0.299 e. The summed E-state index contributed by atoms with van der Waals surface area (Å²) < 4.78 is 28.2. The Morgan fingerprint density at radius 3 is 2.19 bits per heavy atom. The summed E-state index contributed by atoms with van der Waals surface area (Å²) in [7, 11) is -1.60. The van der Waals surface area contributed by atoms with E-state index < -0.39 is 10.2 Å². The van der Waals surface area contributed by atoms with Gasteiger partial charge in [-0.3, -0.25) is 4.72 Å². The average Bonchev–Trinajstić information content (AvgIpc) is 3.01. The van der Waals surface area contributed by atoms with E-state index in [1.54, 1.807) is 12.1 Å². The lowest BCUT2D eigenvalue weighted by atomic mass is 10.3. The van der Waals surface area contributed by atoms with Gasteiger partial charge in [0.05, 0.1) is 0 Å². The SMILES string of the molecule is CNc1ccc(NS(=O)(=O)NC2CC2)cc1. The topological polar surface area (TPSA) is 70.2 Å². The van der Waals surface area contributed by atoms with E-state index >= 15 is 0 Å². The van der Waals surface area contributed by atoms with Crippen LogP contribution in [0.3, 0.4) is 0 Å². The molecule has 1 saturated carbocycles. The Bertz CT molecular complexity index is 451. The Kier molecular flexibility index (Phi) is 3.02. The first-order valence-electron chi connectivity index (χ1n) is 5.17. The molecule has 0 spiro atoms. The lowest BCUT2D eigenvalue weighted by Crippen LogP contribution is -2.31. The molecule has 6 heteroatoms. The van der Waals surface area contributed by atoms with Gasteiger partial charge in [0.25, 0.3) is 10.2 Å². The lowest BCUT2D eigenvalue weighted by molar-refractivity contribution is 0.586. The Morgan fingerprint density at radius 1 is 1.12 bits per heavy atom. The van der Waals surface area contributed by atoms with Crippen LogP contribution in [0.5, 0.6) is 0 Å².